The summed E-state index contributed by atoms with van der Waals surface area (Å²) in [5, 5.41) is 10.3. The molecule has 0 unspecified atom stereocenters. The number of ether oxygens (including phenoxy) is 1. The molecule has 4 fully saturated rings. The number of carbonyl (C=O) groups excluding carboxylic acids is 3. The summed E-state index contributed by atoms with van der Waals surface area (Å²) in [6, 6.07) is 0. The van der Waals surface area contributed by atoms with E-state index in [0.29, 0.717) is 6.61 Å². The lowest BCUT2D eigenvalue weighted by Gasteiger charge is -2.56. The van der Waals surface area contributed by atoms with E-state index in [9.17, 15) is 19.5 Å². The van der Waals surface area contributed by atoms with Gasteiger partial charge in [-0.3, -0.25) is 9.59 Å². The lowest BCUT2D eigenvalue weighted by atomic mass is 9.50. The van der Waals surface area contributed by atoms with E-state index in [0.717, 1.165) is 37.0 Å². The first kappa shape index (κ1) is 14.5. The van der Waals surface area contributed by atoms with Crippen molar-refractivity contribution in [3.63, 3.8) is 0 Å². The highest BCUT2D eigenvalue weighted by atomic mass is 16.5. The van der Waals surface area contributed by atoms with Crippen molar-refractivity contribution in [2.24, 2.45) is 23.2 Å². The molecule has 4 aliphatic carbocycles. The molecule has 4 rings (SSSR count). The van der Waals surface area contributed by atoms with Gasteiger partial charge in [-0.25, -0.2) is 0 Å². The highest BCUT2D eigenvalue weighted by Crippen LogP contribution is 2.60. The number of Topliss-reactive ketones (excluding diaryl/α,β-unsaturated/α-hetero) is 1. The zero-order chi connectivity index (χ0) is 15.0. The number of carboxylic acid groups (broad SMARTS) is 1. The monoisotopic (exact) mass is 293 g/mol. The highest BCUT2D eigenvalue weighted by molar-refractivity contribution is 6.31. The molecule has 4 saturated carbocycles. The summed E-state index contributed by atoms with van der Waals surface area (Å²) in [5.41, 5.74) is 0.156. The molecule has 0 aromatic carbocycles. The fraction of sp³-hybridized carbons (Fsp3) is 0.812. The first-order valence-electron chi connectivity index (χ1n) is 7.85. The molecule has 116 valence electrons. The number of rotatable bonds is 6. The second-order valence-corrected chi connectivity index (χ2v) is 7.29. The number of hydrogen-bond acceptors (Lipinski definition) is 5. The van der Waals surface area contributed by atoms with Crippen LogP contribution in [0.15, 0.2) is 0 Å². The van der Waals surface area contributed by atoms with Crippen molar-refractivity contribution in [2.45, 2.75) is 51.4 Å². The van der Waals surface area contributed by atoms with Crippen LogP contribution in [0.3, 0.4) is 0 Å². The van der Waals surface area contributed by atoms with E-state index in [2.05, 4.69) is 0 Å². The Labute approximate surface area is 124 Å². The van der Waals surface area contributed by atoms with Crippen LogP contribution >= 0.6 is 0 Å². The normalized spacial score (nSPS) is 36.5. The Bertz CT molecular complexity index is 432. The molecule has 4 bridgehead atoms. The zero-order valence-electron chi connectivity index (χ0n) is 12.1. The Morgan fingerprint density at radius 1 is 0.952 bits per heavy atom. The van der Waals surface area contributed by atoms with Crippen molar-refractivity contribution < 1.29 is 24.2 Å². The third kappa shape index (κ3) is 3.11. The summed E-state index contributed by atoms with van der Waals surface area (Å²) in [7, 11) is 0. The molecular weight excluding hydrogens is 272 g/mol. The van der Waals surface area contributed by atoms with E-state index in [-0.39, 0.29) is 18.3 Å². The van der Waals surface area contributed by atoms with E-state index in [4.69, 9.17) is 4.74 Å². The van der Waals surface area contributed by atoms with Gasteiger partial charge in [0.15, 0.2) is 5.78 Å². The molecule has 0 radical (unpaired) electrons. The predicted molar refractivity (Wildman–Crippen MR) is 70.8 cm³/mol. The zero-order valence-corrected chi connectivity index (χ0v) is 12.1. The van der Waals surface area contributed by atoms with Crippen LogP contribution in [0.25, 0.3) is 0 Å². The minimum absolute atomic E-state index is 0.156. The summed E-state index contributed by atoms with van der Waals surface area (Å²) in [6.45, 7) is 0.439. The van der Waals surface area contributed by atoms with Gasteiger partial charge in [-0.1, -0.05) is 0 Å². The van der Waals surface area contributed by atoms with Crippen molar-refractivity contribution in [2.75, 3.05) is 6.61 Å². The Morgan fingerprint density at radius 3 is 1.95 bits per heavy atom. The van der Waals surface area contributed by atoms with Crippen LogP contribution in [0.5, 0.6) is 0 Å². The van der Waals surface area contributed by atoms with Gasteiger partial charge >= 0.3 is 5.97 Å². The third-order valence-corrected chi connectivity index (χ3v) is 5.49. The van der Waals surface area contributed by atoms with Gasteiger partial charge in [0.25, 0.3) is 0 Å². The number of ketones is 1. The SMILES string of the molecule is O=C(CCC(=O)C(=O)[O-])OCC12CC3CC(CC(C3)C1)C2. The molecule has 5 nitrogen and oxygen atoms in total. The molecule has 0 spiro atoms. The molecule has 4 aliphatic rings. The second kappa shape index (κ2) is 5.43. The summed E-state index contributed by atoms with van der Waals surface area (Å²) in [6.07, 6.45) is 6.99. The van der Waals surface area contributed by atoms with Crippen LogP contribution in [0, 0.1) is 23.2 Å². The van der Waals surface area contributed by atoms with Crippen molar-refractivity contribution >= 4 is 17.7 Å². The molecule has 0 saturated heterocycles. The Kier molecular flexibility index (Phi) is 3.76. The molecule has 5 heteroatoms. The first-order valence-corrected chi connectivity index (χ1v) is 7.85. The Morgan fingerprint density at radius 2 is 1.48 bits per heavy atom. The van der Waals surface area contributed by atoms with Crippen molar-refractivity contribution in [1.29, 1.82) is 0 Å². The summed E-state index contributed by atoms with van der Waals surface area (Å²) < 4.78 is 5.35. The van der Waals surface area contributed by atoms with Gasteiger partial charge in [0.1, 0.15) is 5.97 Å². The van der Waals surface area contributed by atoms with E-state index >= 15 is 0 Å². The van der Waals surface area contributed by atoms with E-state index in [1.165, 1.54) is 19.3 Å². The van der Waals surface area contributed by atoms with E-state index in [1.807, 2.05) is 0 Å². The molecule has 0 aliphatic heterocycles. The van der Waals surface area contributed by atoms with Gasteiger partial charge in [0, 0.05) is 11.8 Å². The fourth-order valence-corrected chi connectivity index (χ4v) is 5.09. The molecule has 0 N–H and O–H groups in total. The minimum atomic E-state index is -1.73. The van der Waals surface area contributed by atoms with Crippen LogP contribution in [0.2, 0.25) is 0 Å². The quantitative estimate of drug-likeness (QED) is 0.535. The van der Waals surface area contributed by atoms with Gasteiger partial charge in [0.05, 0.1) is 13.0 Å². The fourth-order valence-electron chi connectivity index (χ4n) is 5.09. The van der Waals surface area contributed by atoms with Gasteiger partial charge < -0.3 is 14.6 Å². The number of hydrogen-bond donors (Lipinski definition) is 0. The molecular formula is C16H21O5-. The predicted octanol–water partition coefficient (Wildman–Crippen LogP) is 0.845. The number of aliphatic carboxylic acids is 1. The molecule has 0 amide bonds. The van der Waals surface area contributed by atoms with Gasteiger partial charge in [0.2, 0.25) is 0 Å². The van der Waals surface area contributed by atoms with E-state index in [1.54, 1.807) is 0 Å². The second-order valence-electron chi connectivity index (χ2n) is 7.29. The van der Waals surface area contributed by atoms with Crippen LogP contribution < -0.4 is 5.11 Å². The summed E-state index contributed by atoms with van der Waals surface area (Å²) >= 11 is 0. The lowest BCUT2D eigenvalue weighted by molar-refractivity contribution is -0.300. The maximum absolute atomic E-state index is 11.7. The maximum atomic E-state index is 11.7. The average Bonchev–Trinajstić information content (AvgIpc) is 2.41. The molecule has 0 atom stereocenters. The lowest BCUT2D eigenvalue weighted by Crippen LogP contribution is -2.48. The largest absolute Gasteiger partial charge is 0.542 e. The number of carboxylic acids is 1. The number of carbonyl (C=O) groups is 3. The molecule has 0 heterocycles. The Hall–Kier alpha value is -1.39. The summed E-state index contributed by atoms with van der Waals surface area (Å²) in [5.74, 6) is -0.843. The maximum Gasteiger partial charge on any atom is 0.306 e. The van der Waals surface area contributed by atoms with Crippen molar-refractivity contribution in [3.8, 4) is 0 Å². The molecule has 21 heavy (non-hydrogen) atoms. The third-order valence-electron chi connectivity index (χ3n) is 5.49. The number of esters is 1. The van der Waals surface area contributed by atoms with Crippen molar-refractivity contribution in [1.82, 2.24) is 0 Å². The first-order chi connectivity index (χ1) is 9.96. The summed E-state index contributed by atoms with van der Waals surface area (Å²) in [4.78, 5) is 32.9. The van der Waals surface area contributed by atoms with Gasteiger partial charge in [-0.15, -0.1) is 0 Å². The van der Waals surface area contributed by atoms with Gasteiger partial charge in [-0.05, 0) is 56.3 Å². The van der Waals surface area contributed by atoms with Crippen LogP contribution in [0.4, 0.5) is 0 Å². The minimum Gasteiger partial charge on any atom is -0.542 e. The molecule has 0 aromatic heterocycles. The smallest absolute Gasteiger partial charge is 0.306 e. The Balaban J connectivity index is 1.48. The topological polar surface area (TPSA) is 83.5 Å². The van der Waals surface area contributed by atoms with Crippen LogP contribution in [-0.2, 0) is 19.1 Å². The van der Waals surface area contributed by atoms with Crippen LogP contribution in [-0.4, -0.2) is 24.3 Å². The van der Waals surface area contributed by atoms with Crippen LogP contribution in [0.1, 0.15) is 51.4 Å². The van der Waals surface area contributed by atoms with E-state index < -0.39 is 17.7 Å². The highest BCUT2D eigenvalue weighted by Gasteiger charge is 2.51. The molecule has 0 aromatic rings. The van der Waals surface area contributed by atoms with Crippen molar-refractivity contribution in [3.05, 3.63) is 0 Å². The van der Waals surface area contributed by atoms with Gasteiger partial charge in [-0.2, -0.15) is 0 Å². The average molecular weight is 293 g/mol. The standard InChI is InChI=1S/C16H22O5/c17-13(15(19)20)1-2-14(18)21-9-16-6-10-3-11(7-16)5-12(4-10)8-16/h10-12H,1-9H2,(H,19,20)/p-1.